The number of esters is 1. The predicted molar refractivity (Wildman–Crippen MR) is 107 cm³/mol. The highest BCUT2D eigenvalue weighted by Crippen LogP contribution is 2.30. The Labute approximate surface area is 174 Å². The first-order valence-electron chi connectivity index (χ1n) is 8.85. The van der Waals surface area contributed by atoms with Crippen molar-refractivity contribution in [1.82, 2.24) is 20.6 Å². The molecule has 2 N–H and O–H groups in total. The third-order valence-corrected chi connectivity index (χ3v) is 4.52. The number of allylic oxidation sites excluding steroid dienone is 1. The van der Waals surface area contributed by atoms with Gasteiger partial charge in [-0.15, -0.1) is 10.2 Å². The largest absolute Gasteiger partial charge is 0.465 e. The SMILES string of the molecule is COC(=O)c1ccc(N2C(=O)c3ccc(NC=C(C#N)c4nn[nH]n4)cc3C2=O)cc1. The molecule has 11 nitrogen and oxygen atoms in total. The molecule has 0 atom stereocenters. The third-order valence-electron chi connectivity index (χ3n) is 4.52. The van der Waals surface area contributed by atoms with Crippen LogP contribution in [0.5, 0.6) is 0 Å². The minimum atomic E-state index is -0.518. The minimum Gasteiger partial charge on any atom is -0.465 e. The zero-order chi connectivity index (χ0) is 22.0. The Morgan fingerprint density at radius 2 is 1.90 bits per heavy atom. The maximum absolute atomic E-state index is 12.9. The molecule has 0 spiro atoms. The van der Waals surface area contributed by atoms with Gasteiger partial charge in [0.2, 0.25) is 5.82 Å². The first-order chi connectivity index (χ1) is 15.0. The van der Waals surface area contributed by atoms with Crippen molar-refractivity contribution < 1.29 is 19.1 Å². The fourth-order valence-electron chi connectivity index (χ4n) is 3.01. The summed E-state index contributed by atoms with van der Waals surface area (Å²) < 4.78 is 4.65. The molecule has 2 aromatic carbocycles. The van der Waals surface area contributed by atoms with Gasteiger partial charge in [0.25, 0.3) is 11.8 Å². The van der Waals surface area contributed by atoms with Crippen LogP contribution in [0.3, 0.4) is 0 Å². The molecular formula is C20H13N7O4. The highest BCUT2D eigenvalue weighted by molar-refractivity contribution is 6.34. The number of ether oxygens (including phenoxy) is 1. The van der Waals surface area contributed by atoms with Crippen molar-refractivity contribution in [2.75, 3.05) is 17.3 Å². The van der Waals surface area contributed by atoms with E-state index >= 15 is 0 Å². The molecule has 0 fully saturated rings. The number of carbonyl (C=O) groups is 3. The molecule has 0 aliphatic carbocycles. The van der Waals surface area contributed by atoms with Gasteiger partial charge in [-0.2, -0.15) is 10.5 Å². The first-order valence-corrected chi connectivity index (χ1v) is 8.85. The number of anilines is 2. The van der Waals surface area contributed by atoms with Crippen LogP contribution in [0.4, 0.5) is 11.4 Å². The Morgan fingerprint density at radius 3 is 2.55 bits per heavy atom. The van der Waals surface area contributed by atoms with Gasteiger partial charge in [-0.25, -0.2) is 9.69 Å². The summed E-state index contributed by atoms with van der Waals surface area (Å²) in [7, 11) is 1.27. The number of fused-ring (bicyclic) bond motifs is 1. The summed E-state index contributed by atoms with van der Waals surface area (Å²) in [5.41, 5.74) is 1.70. The van der Waals surface area contributed by atoms with Crippen molar-refractivity contribution >= 4 is 34.7 Å². The van der Waals surface area contributed by atoms with Crippen LogP contribution >= 0.6 is 0 Å². The molecule has 0 saturated carbocycles. The monoisotopic (exact) mass is 415 g/mol. The molecule has 1 aliphatic rings. The summed E-state index contributed by atoms with van der Waals surface area (Å²) in [6.07, 6.45) is 1.37. The summed E-state index contributed by atoms with van der Waals surface area (Å²) in [6, 6.07) is 12.5. The van der Waals surface area contributed by atoms with Crippen LogP contribution in [-0.4, -0.2) is 45.5 Å². The fraction of sp³-hybridized carbons (Fsp3) is 0.0500. The van der Waals surface area contributed by atoms with E-state index < -0.39 is 17.8 Å². The molecule has 1 aliphatic heterocycles. The van der Waals surface area contributed by atoms with E-state index in [1.807, 2.05) is 6.07 Å². The fourth-order valence-corrected chi connectivity index (χ4v) is 3.01. The topological polar surface area (TPSA) is 154 Å². The van der Waals surface area contributed by atoms with Crippen LogP contribution < -0.4 is 10.2 Å². The van der Waals surface area contributed by atoms with Crippen molar-refractivity contribution in [2.24, 2.45) is 0 Å². The smallest absolute Gasteiger partial charge is 0.337 e. The summed E-state index contributed by atoms with van der Waals surface area (Å²) in [4.78, 5) is 38.3. The Hall–Kier alpha value is -4.85. The number of nitrogens with zero attached hydrogens (tertiary/aromatic N) is 5. The third kappa shape index (κ3) is 3.49. The van der Waals surface area contributed by atoms with Gasteiger partial charge in [0.1, 0.15) is 11.6 Å². The van der Waals surface area contributed by atoms with E-state index in [9.17, 15) is 19.6 Å². The van der Waals surface area contributed by atoms with Crippen molar-refractivity contribution in [3.8, 4) is 6.07 Å². The van der Waals surface area contributed by atoms with Crippen molar-refractivity contribution in [1.29, 1.82) is 5.26 Å². The van der Waals surface area contributed by atoms with Crippen LogP contribution in [0.25, 0.3) is 5.57 Å². The van der Waals surface area contributed by atoms with E-state index in [2.05, 4.69) is 30.7 Å². The number of aromatic amines is 1. The average Bonchev–Trinajstić information content (AvgIpc) is 3.41. The number of benzene rings is 2. The minimum absolute atomic E-state index is 0.115. The number of carbonyl (C=O) groups excluding carboxylic acids is 3. The lowest BCUT2D eigenvalue weighted by atomic mass is 10.1. The van der Waals surface area contributed by atoms with Crippen molar-refractivity contribution in [3.05, 3.63) is 71.2 Å². The van der Waals surface area contributed by atoms with Crippen LogP contribution in [-0.2, 0) is 4.74 Å². The zero-order valence-electron chi connectivity index (χ0n) is 16.0. The Balaban J connectivity index is 1.59. The van der Waals surface area contributed by atoms with Gasteiger partial charge in [-0.05, 0) is 47.7 Å². The molecule has 0 bridgehead atoms. The quantitative estimate of drug-likeness (QED) is 0.360. The molecule has 1 aromatic heterocycles. The lowest BCUT2D eigenvalue weighted by molar-refractivity contribution is 0.0600. The van der Waals surface area contributed by atoms with Gasteiger partial charge >= 0.3 is 5.97 Å². The summed E-state index contributed by atoms with van der Waals surface area (Å²) >= 11 is 0. The molecule has 4 rings (SSSR count). The summed E-state index contributed by atoms with van der Waals surface area (Å²) in [6.45, 7) is 0. The van der Waals surface area contributed by atoms with Gasteiger partial charge in [0, 0.05) is 11.9 Å². The number of nitrogens with one attached hydrogen (secondary N) is 2. The van der Waals surface area contributed by atoms with Gasteiger partial charge in [0.15, 0.2) is 0 Å². The second kappa shape index (κ2) is 7.88. The van der Waals surface area contributed by atoms with Crippen LogP contribution in [0, 0.1) is 11.3 Å². The lowest BCUT2D eigenvalue weighted by Gasteiger charge is -2.14. The predicted octanol–water partition coefficient (Wildman–Crippen LogP) is 1.76. The van der Waals surface area contributed by atoms with Gasteiger partial charge in [0.05, 0.1) is 29.5 Å². The number of aromatic nitrogens is 4. The van der Waals surface area contributed by atoms with E-state index in [4.69, 9.17) is 0 Å². The number of rotatable bonds is 5. The highest BCUT2D eigenvalue weighted by Gasteiger charge is 2.36. The Kier molecular flexibility index (Phi) is 4.95. The number of H-pyrrole nitrogens is 1. The molecule has 152 valence electrons. The van der Waals surface area contributed by atoms with E-state index in [1.54, 1.807) is 6.07 Å². The number of nitriles is 1. The average molecular weight is 415 g/mol. The standard InChI is InChI=1S/C20H13N7O4/c1-31-20(30)11-2-5-14(6-3-11)27-18(28)15-7-4-13(8-16(15)19(27)29)22-10-12(9-21)17-23-25-26-24-17/h2-8,10,22H,1H3,(H,23,24,25,26). The molecule has 0 unspecified atom stereocenters. The summed E-state index contributed by atoms with van der Waals surface area (Å²) in [5.74, 6) is -1.38. The maximum atomic E-state index is 12.9. The first kappa shape index (κ1) is 19.5. The second-order valence-electron chi connectivity index (χ2n) is 6.29. The molecule has 3 aromatic rings. The van der Waals surface area contributed by atoms with Crippen LogP contribution in [0.15, 0.2) is 48.7 Å². The van der Waals surface area contributed by atoms with Crippen molar-refractivity contribution in [2.45, 2.75) is 0 Å². The second-order valence-corrected chi connectivity index (χ2v) is 6.29. The molecule has 2 amide bonds. The molecule has 31 heavy (non-hydrogen) atoms. The number of tetrazole rings is 1. The number of hydrogen-bond acceptors (Lipinski definition) is 9. The summed E-state index contributed by atoms with van der Waals surface area (Å²) in [5, 5.41) is 25.2. The van der Waals surface area contributed by atoms with Gasteiger partial charge in [-0.3, -0.25) is 9.59 Å². The van der Waals surface area contributed by atoms with E-state index in [0.717, 1.165) is 4.90 Å². The van der Waals surface area contributed by atoms with Crippen molar-refractivity contribution in [3.63, 3.8) is 0 Å². The highest BCUT2D eigenvalue weighted by atomic mass is 16.5. The van der Waals surface area contributed by atoms with E-state index in [1.165, 1.54) is 49.7 Å². The molecule has 2 heterocycles. The van der Waals surface area contributed by atoms with E-state index in [0.29, 0.717) is 16.9 Å². The molecule has 0 saturated heterocycles. The Bertz CT molecular complexity index is 1260. The van der Waals surface area contributed by atoms with Gasteiger partial charge in [-0.1, -0.05) is 0 Å². The number of hydrogen-bond donors (Lipinski definition) is 2. The zero-order valence-corrected chi connectivity index (χ0v) is 16.0. The molecular weight excluding hydrogens is 402 g/mol. The normalized spacial score (nSPS) is 13.0. The van der Waals surface area contributed by atoms with Crippen LogP contribution in [0.2, 0.25) is 0 Å². The lowest BCUT2D eigenvalue weighted by Crippen LogP contribution is -2.29. The molecule has 11 heteroatoms. The molecule has 0 radical (unpaired) electrons. The van der Waals surface area contributed by atoms with Crippen LogP contribution in [0.1, 0.15) is 36.9 Å². The number of methoxy groups -OCH3 is 1. The maximum Gasteiger partial charge on any atom is 0.337 e. The number of amides is 2. The Morgan fingerprint density at radius 1 is 1.16 bits per heavy atom. The van der Waals surface area contributed by atoms with E-state index in [-0.39, 0.29) is 22.5 Å². The van der Waals surface area contributed by atoms with Gasteiger partial charge < -0.3 is 10.1 Å². The number of imide groups is 1.